The molecule has 22 heavy (non-hydrogen) atoms. The van der Waals surface area contributed by atoms with Gasteiger partial charge in [0.15, 0.2) is 5.78 Å². The maximum absolute atomic E-state index is 13.3. The van der Waals surface area contributed by atoms with Gasteiger partial charge in [-0.25, -0.2) is 4.39 Å². The summed E-state index contributed by atoms with van der Waals surface area (Å²) in [6.07, 6.45) is 4.94. The summed E-state index contributed by atoms with van der Waals surface area (Å²) in [7, 11) is 0. The Morgan fingerprint density at radius 2 is 1.91 bits per heavy atom. The molecule has 0 aliphatic carbocycles. The van der Waals surface area contributed by atoms with Gasteiger partial charge in [-0.05, 0) is 37.8 Å². The van der Waals surface area contributed by atoms with Gasteiger partial charge in [-0.2, -0.15) is 20.5 Å². The zero-order valence-corrected chi connectivity index (χ0v) is 12.8. The van der Waals surface area contributed by atoms with Gasteiger partial charge in [-0.15, -0.1) is 0 Å². The lowest BCUT2D eigenvalue weighted by Gasteiger charge is -2.38. The number of benzene rings is 1. The molecule has 0 N–H and O–H groups in total. The van der Waals surface area contributed by atoms with Gasteiger partial charge in [-0.1, -0.05) is 6.42 Å². The van der Waals surface area contributed by atoms with E-state index < -0.39 is 12.4 Å². The molecule has 2 heterocycles. The van der Waals surface area contributed by atoms with Crippen LogP contribution in [-0.4, -0.2) is 22.9 Å². The molecule has 2 atom stereocenters. The van der Waals surface area contributed by atoms with E-state index in [2.05, 4.69) is 4.74 Å². The highest BCUT2D eigenvalue weighted by molar-refractivity contribution is 8.00. The van der Waals surface area contributed by atoms with E-state index in [1.807, 2.05) is 11.8 Å². The van der Waals surface area contributed by atoms with Crippen LogP contribution in [0.5, 0.6) is 5.75 Å². The lowest BCUT2D eigenvalue weighted by molar-refractivity contribution is -0.0503. The van der Waals surface area contributed by atoms with Crippen molar-refractivity contribution in [2.45, 2.75) is 49.2 Å². The van der Waals surface area contributed by atoms with Gasteiger partial charge in [0.2, 0.25) is 0 Å². The Bertz CT molecular complexity index is 552. The summed E-state index contributed by atoms with van der Waals surface area (Å²) in [6.45, 7) is -3.07. The number of hydrogen-bond acceptors (Lipinski definition) is 3. The second kappa shape index (κ2) is 6.52. The van der Waals surface area contributed by atoms with Crippen molar-refractivity contribution in [1.29, 1.82) is 0 Å². The lowest BCUT2D eigenvalue weighted by Crippen LogP contribution is -2.33. The Morgan fingerprint density at radius 3 is 2.55 bits per heavy atom. The minimum Gasteiger partial charge on any atom is -0.434 e. The van der Waals surface area contributed by atoms with E-state index in [1.54, 1.807) is 0 Å². The monoisotopic (exact) mass is 330 g/mol. The predicted molar refractivity (Wildman–Crippen MR) is 79.1 cm³/mol. The Morgan fingerprint density at radius 1 is 1.23 bits per heavy atom. The highest BCUT2D eigenvalue weighted by Crippen LogP contribution is 2.45. The van der Waals surface area contributed by atoms with E-state index >= 15 is 0 Å². The second-order valence-electron chi connectivity index (χ2n) is 5.86. The van der Waals surface area contributed by atoms with E-state index in [4.69, 9.17) is 0 Å². The zero-order chi connectivity index (χ0) is 15.7. The molecule has 3 rings (SSSR count). The summed E-state index contributed by atoms with van der Waals surface area (Å²) >= 11 is 1.94. The number of alkyl halides is 2. The number of thioether (sulfide) groups is 1. The fourth-order valence-electron chi connectivity index (χ4n) is 3.39. The van der Waals surface area contributed by atoms with E-state index in [-0.39, 0.29) is 23.0 Å². The van der Waals surface area contributed by atoms with Crippen molar-refractivity contribution in [3.05, 3.63) is 29.6 Å². The molecule has 2 fully saturated rings. The van der Waals surface area contributed by atoms with E-state index in [1.165, 1.54) is 12.5 Å². The standard InChI is InChI=1S/C16H17F3O2S/c17-10-4-5-13(14(8-10)21-16(18)19)15(20)9-6-11-2-1-3-12(7-9)22-11/h4-5,8-9,11-12,16H,1-3,6-7H2. The summed E-state index contributed by atoms with van der Waals surface area (Å²) < 4.78 is 42.5. The molecule has 2 saturated heterocycles. The molecule has 2 aliphatic heterocycles. The van der Waals surface area contributed by atoms with Crippen LogP contribution < -0.4 is 4.74 Å². The van der Waals surface area contributed by atoms with Gasteiger partial charge in [0.1, 0.15) is 11.6 Å². The molecule has 120 valence electrons. The molecule has 2 aliphatic rings. The van der Waals surface area contributed by atoms with Crippen LogP contribution in [0.15, 0.2) is 18.2 Å². The largest absolute Gasteiger partial charge is 0.434 e. The summed E-state index contributed by atoms with van der Waals surface area (Å²) in [5.74, 6) is -1.43. The Kier molecular flexibility index (Phi) is 4.66. The summed E-state index contributed by atoms with van der Waals surface area (Å²) in [6, 6.07) is 3.23. The predicted octanol–water partition coefficient (Wildman–Crippen LogP) is 4.67. The third-order valence-electron chi connectivity index (χ3n) is 4.33. The molecule has 0 saturated carbocycles. The summed E-state index contributed by atoms with van der Waals surface area (Å²) in [5, 5.41) is 0.947. The molecule has 2 unspecified atom stereocenters. The quantitative estimate of drug-likeness (QED) is 0.750. The first-order chi connectivity index (χ1) is 10.5. The van der Waals surface area contributed by atoms with Crippen molar-refractivity contribution in [2.24, 2.45) is 5.92 Å². The van der Waals surface area contributed by atoms with Crippen molar-refractivity contribution in [3.63, 3.8) is 0 Å². The highest BCUT2D eigenvalue weighted by atomic mass is 32.2. The number of fused-ring (bicyclic) bond motifs is 2. The first kappa shape index (κ1) is 15.7. The Labute approximate surface area is 131 Å². The maximum atomic E-state index is 13.3. The summed E-state index contributed by atoms with van der Waals surface area (Å²) in [4.78, 5) is 12.7. The molecule has 2 nitrogen and oxygen atoms in total. The third-order valence-corrected chi connectivity index (χ3v) is 5.95. The number of ether oxygens (including phenoxy) is 1. The first-order valence-corrected chi connectivity index (χ1v) is 8.41. The molecule has 0 amide bonds. The van der Waals surface area contributed by atoms with Gasteiger partial charge in [0.05, 0.1) is 5.56 Å². The van der Waals surface area contributed by atoms with E-state index in [9.17, 15) is 18.0 Å². The fourth-order valence-corrected chi connectivity index (χ4v) is 5.22. The lowest BCUT2D eigenvalue weighted by atomic mass is 9.84. The smallest absolute Gasteiger partial charge is 0.387 e. The average Bonchev–Trinajstić information content (AvgIpc) is 2.45. The minimum absolute atomic E-state index is 0.0664. The van der Waals surface area contributed by atoms with Crippen LogP contribution in [0.1, 0.15) is 42.5 Å². The molecule has 0 radical (unpaired) electrons. The van der Waals surface area contributed by atoms with Crippen molar-refractivity contribution >= 4 is 17.5 Å². The number of ketones is 1. The Balaban J connectivity index is 1.82. The van der Waals surface area contributed by atoms with Crippen LogP contribution in [0.25, 0.3) is 0 Å². The third kappa shape index (κ3) is 3.42. The average molecular weight is 330 g/mol. The molecule has 2 bridgehead atoms. The van der Waals surface area contributed by atoms with E-state index in [0.29, 0.717) is 10.5 Å². The van der Waals surface area contributed by atoms with Crippen LogP contribution in [0.3, 0.4) is 0 Å². The van der Waals surface area contributed by atoms with E-state index in [0.717, 1.165) is 37.8 Å². The number of hydrogen-bond donors (Lipinski definition) is 0. The van der Waals surface area contributed by atoms with Gasteiger partial charge in [0.25, 0.3) is 0 Å². The van der Waals surface area contributed by atoms with Gasteiger partial charge in [-0.3, -0.25) is 4.79 Å². The van der Waals surface area contributed by atoms with Crippen LogP contribution in [-0.2, 0) is 0 Å². The second-order valence-corrected chi connectivity index (χ2v) is 7.47. The van der Waals surface area contributed by atoms with Gasteiger partial charge < -0.3 is 4.74 Å². The molecule has 1 aromatic rings. The van der Waals surface area contributed by atoms with Gasteiger partial charge >= 0.3 is 6.61 Å². The molecule has 0 spiro atoms. The maximum Gasteiger partial charge on any atom is 0.387 e. The van der Waals surface area contributed by atoms with Crippen molar-refractivity contribution in [1.82, 2.24) is 0 Å². The van der Waals surface area contributed by atoms with Gasteiger partial charge in [0, 0.05) is 22.5 Å². The number of Topliss-reactive ketones (excluding diaryl/α,β-unsaturated/α-hetero) is 1. The molecular formula is C16H17F3O2S. The molecule has 1 aromatic carbocycles. The van der Waals surface area contributed by atoms with Crippen LogP contribution in [0.2, 0.25) is 0 Å². The molecule has 6 heteroatoms. The normalized spacial score (nSPS) is 27.7. The van der Waals surface area contributed by atoms with Crippen LogP contribution in [0.4, 0.5) is 13.2 Å². The number of carbonyl (C=O) groups is 1. The van der Waals surface area contributed by atoms with Crippen LogP contribution in [0, 0.1) is 11.7 Å². The first-order valence-electron chi connectivity index (χ1n) is 7.47. The van der Waals surface area contributed by atoms with Crippen LogP contribution >= 0.6 is 11.8 Å². The number of rotatable bonds is 4. The Hall–Kier alpha value is -1.17. The molecular weight excluding hydrogens is 313 g/mol. The molecule has 0 aromatic heterocycles. The highest BCUT2D eigenvalue weighted by Gasteiger charge is 2.36. The van der Waals surface area contributed by atoms with Crippen molar-refractivity contribution < 1.29 is 22.7 Å². The number of carbonyl (C=O) groups excluding carboxylic acids is 1. The zero-order valence-electron chi connectivity index (χ0n) is 11.9. The van der Waals surface area contributed by atoms with Crippen molar-refractivity contribution in [2.75, 3.05) is 0 Å². The minimum atomic E-state index is -3.07. The topological polar surface area (TPSA) is 26.3 Å². The van der Waals surface area contributed by atoms with Crippen molar-refractivity contribution in [3.8, 4) is 5.75 Å². The summed E-state index contributed by atoms with van der Waals surface area (Å²) in [5.41, 5.74) is 0.0664. The SMILES string of the molecule is O=C(c1ccc(F)cc1OC(F)F)C1CC2CCCC(C1)S2. The fraction of sp³-hybridized carbons (Fsp3) is 0.562. The number of halogens is 3.